The first kappa shape index (κ1) is 17.7. The van der Waals surface area contributed by atoms with Crippen LogP contribution in [0.4, 0.5) is 0 Å². The van der Waals surface area contributed by atoms with Crippen LogP contribution in [-0.2, 0) is 6.54 Å². The fourth-order valence-corrected chi connectivity index (χ4v) is 2.61. The molecular formula is C19H24N6O. The molecule has 1 aromatic carbocycles. The van der Waals surface area contributed by atoms with Gasteiger partial charge in [-0.2, -0.15) is 5.10 Å². The second-order valence-electron chi connectivity index (χ2n) is 6.04. The van der Waals surface area contributed by atoms with Crippen LogP contribution < -0.4 is 10.6 Å². The Bertz CT molecular complexity index is 853. The molecule has 0 saturated heterocycles. The molecule has 0 aliphatic carbocycles. The lowest BCUT2D eigenvalue weighted by Gasteiger charge is -2.16. The average molecular weight is 352 g/mol. The van der Waals surface area contributed by atoms with Gasteiger partial charge in [-0.05, 0) is 44.5 Å². The molecule has 2 heterocycles. The van der Waals surface area contributed by atoms with Crippen molar-refractivity contribution in [1.82, 2.24) is 25.8 Å². The molecule has 1 atom stereocenters. The van der Waals surface area contributed by atoms with E-state index in [4.69, 9.17) is 4.42 Å². The van der Waals surface area contributed by atoms with Crippen LogP contribution >= 0.6 is 0 Å². The summed E-state index contributed by atoms with van der Waals surface area (Å²) in [5, 5.41) is 13.4. The molecule has 0 bridgehead atoms. The number of furan rings is 1. The van der Waals surface area contributed by atoms with Crippen LogP contribution in [0, 0.1) is 6.92 Å². The third-order valence-electron chi connectivity index (χ3n) is 3.92. The molecule has 1 unspecified atom stereocenters. The molecule has 2 aromatic heterocycles. The predicted octanol–water partition coefficient (Wildman–Crippen LogP) is 3.19. The van der Waals surface area contributed by atoms with Crippen molar-refractivity contribution in [3.63, 3.8) is 0 Å². The summed E-state index contributed by atoms with van der Waals surface area (Å²) in [6.45, 7) is 7.38. The minimum absolute atomic E-state index is 0.0297. The highest BCUT2D eigenvalue weighted by Crippen LogP contribution is 2.17. The Labute approximate surface area is 153 Å². The second kappa shape index (κ2) is 8.33. The monoisotopic (exact) mass is 352 g/mol. The van der Waals surface area contributed by atoms with Gasteiger partial charge in [-0.1, -0.05) is 18.2 Å². The number of nitrogens with one attached hydrogen (secondary N) is 3. The smallest absolute Gasteiger partial charge is 0.192 e. The zero-order valence-electron chi connectivity index (χ0n) is 15.3. The summed E-state index contributed by atoms with van der Waals surface area (Å²) in [5.41, 5.74) is 2.09. The van der Waals surface area contributed by atoms with Crippen LogP contribution in [0.2, 0.25) is 0 Å². The van der Waals surface area contributed by atoms with Crippen LogP contribution in [0.25, 0.3) is 11.4 Å². The highest BCUT2D eigenvalue weighted by atomic mass is 16.3. The number of rotatable bonds is 6. The molecule has 0 amide bonds. The Hall–Kier alpha value is -3.09. The van der Waals surface area contributed by atoms with Crippen molar-refractivity contribution in [1.29, 1.82) is 0 Å². The first-order valence-corrected chi connectivity index (χ1v) is 8.71. The number of aryl methyl sites for hydroxylation is 1. The van der Waals surface area contributed by atoms with Gasteiger partial charge in [-0.25, -0.2) is 9.98 Å². The lowest BCUT2D eigenvalue weighted by molar-refractivity contribution is 0.441. The van der Waals surface area contributed by atoms with Crippen LogP contribution in [0.1, 0.15) is 37.0 Å². The van der Waals surface area contributed by atoms with Gasteiger partial charge in [0.2, 0.25) is 0 Å². The van der Waals surface area contributed by atoms with Crippen LogP contribution in [0.15, 0.2) is 52.1 Å². The summed E-state index contributed by atoms with van der Waals surface area (Å²) < 4.78 is 5.68. The lowest BCUT2D eigenvalue weighted by atomic mass is 10.1. The zero-order valence-corrected chi connectivity index (χ0v) is 15.3. The molecule has 0 aliphatic heterocycles. The number of aromatic amines is 1. The van der Waals surface area contributed by atoms with Gasteiger partial charge in [-0.3, -0.25) is 5.10 Å². The third-order valence-corrected chi connectivity index (χ3v) is 3.92. The van der Waals surface area contributed by atoms with E-state index < -0.39 is 0 Å². The topological polar surface area (TPSA) is 91.1 Å². The summed E-state index contributed by atoms with van der Waals surface area (Å²) in [5.74, 6) is 3.29. The molecule has 0 spiro atoms. The molecule has 0 aliphatic rings. The van der Waals surface area contributed by atoms with Gasteiger partial charge < -0.3 is 15.1 Å². The molecule has 3 aromatic rings. The summed E-state index contributed by atoms with van der Waals surface area (Å²) in [6, 6.07) is 12.1. The largest absolute Gasteiger partial charge is 0.464 e. The summed E-state index contributed by atoms with van der Waals surface area (Å²) >= 11 is 0. The number of guanidine groups is 1. The predicted molar refractivity (Wildman–Crippen MR) is 102 cm³/mol. The standard InChI is InChI=1S/C19H24N6O/c1-4-20-19(24-14(3)17-9-8-13(2)26-17)21-11-15-6-5-7-16(10-15)18-22-12-23-25-18/h5-10,12,14H,4,11H2,1-3H3,(H2,20,21,24)(H,22,23,25). The fraction of sp³-hybridized carbons (Fsp3) is 0.316. The van der Waals surface area contributed by atoms with E-state index in [2.05, 4.69) is 43.8 Å². The van der Waals surface area contributed by atoms with E-state index in [0.29, 0.717) is 6.54 Å². The number of aromatic nitrogens is 3. The van der Waals surface area contributed by atoms with Crippen molar-refractivity contribution >= 4 is 5.96 Å². The van der Waals surface area contributed by atoms with E-state index in [1.165, 1.54) is 6.33 Å². The maximum Gasteiger partial charge on any atom is 0.192 e. The number of H-pyrrole nitrogens is 1. The van der Waals surface area contributed by atoms with Crippen LogP contribution in [0.3, 0.4) is 0 Å². The van der Waals surface area contributed by atoms with Gasteiger partial charge in [0.25, 0.3) is 0 Å². The van der Waals surface area contributed by atoms with Gasteiger partial charge >= 0.3 is 0 Å². The third kappa shape index (κ3) is 4.50. The molecule has 136 valence electrons. The Balaban J connectivity index is 1.70. The van der Waals surface area contributed by atoms with Gasteiger partial charge in [0.1, 0.15) is 17.8 Å². The lowest BCUT2D eigenvalue weighted by Crippen LogP contribution is -2.38. The van der Waals surface area contributed by atoms with Crippen LogP contribution in [-0.4, -0.2) is 27.7 Å². The Morgan fingerprint density at radius 3 is 2.88 bits per heavy atom. The highest BCUT2D eigenvalue weighted by Gasteiger charge is 2.11. The molecule has 0 radical (unpaired) electrons. The Morgan fingerprint density at radius 2 is 2.19 bits per heavy atom. The van der Waals surface area contributed by atoms with E-state index in [1.807, 2.05) is 44.2 Å². The Kier molecular flexibility index (Phi) is 5.68. The normalized spacial score (nSPS) is 12.8. The van der Waals surface area contributed by atoms with Crippen molar-refractivity contribution in [2.24, 2.45) is 4.99 Å². The maximum absolute atomic E-state index is 5.68. The molecule has 3 rings (SSSR count). The van der Waals surface area contributed by atoms with Gasteiger partial charge in [0, 0.05) is 12.1 Å². The first-order valence-electron chi connectivity index (χ1n) is 8.71. The molecule has 7 heteroatoms. The van der Waals surface area contributed by atoms with E-state index in [-0.39, 0.29) is 6.04 Å². The number of nitrogens with zero attached hydrogens (tertiary/aromatic N) is 3. The van der Waals surface area contributed by atoms with E-state index in [9.17, 15) is 0 Å². The summed E-state index contributed by atoms with van der Waals surface area (Å²) in [6.07, 6.45) is 1.51. The minimum Gasteiger partial charge on any atom is -0.464 e. The molecule has 0 fully saturated rings. The molecule has 26 heavy (non-hydrogen) atoms. The molecule has 0 saturated carbocycles. The number of hydrogen-bond acceptors (Lipinski definition) is 4. The second-order valence-corrected chi connectivity index (χ2v) is 6.04. The SMILES string of the molecule is CCNC(=NCc1cccc(-c2ncn[nH]2)c1)NC(C)c1ccc(C)o1. The fourth-order valence-electron chi connectivity index (χ4n) is 2.61. The highest BCUT2D eigenvalue weighted by molar-refractivity contribution is 5.80. The molecule has 3 N–H and O–H groups in total. The summed E-state index contributed by atoms with van der Waals surface area (Å²) in [7, 11) is 0. The van der Waals surface area contributed by atoms with Crippen LogP contribution in [0.5, 0.6) is 0 Å². The van der Waals surface area contributed by atoms with Gasteiger partial charge in [-0.15, -0.1) is 0 Å². The van der Waals surface area contributed by atoms with Gasteiger partial charge in [0.05, 0.1) is 12.6 Å². The first-order chi connectivity index (χ1) is 12.7. The number of benzene rings is 1. The number of hydrogen-bond donors (Lipinski definition) is 3. The Morgan fingerprint density at radius 1 is 1.31 bits per heavy atom. The summed E-state index contributed by atoms with van der Waals surface area (Å²) in [4.78, 5) is 8.87. The minimum atomic E-state index is 0.0297. The van der Waals surface area contributed by atoms with E-state index in [1.54, 1.807) is 0 Å². The van der Waals surface area contributed by atoms with Gasteiger partial charge in [0.15, 0.2) is 11.8 Å². The van der Waals surface area contributed by atoms with E-state index in [0.717, 1.165) is 41.0 Å². The number of aliphatic imine (C=N–C) groups is 1. The van der Waals surface area contributed by atoms with E-state index >= 15 is 0 Å². The van der Waals surface area contributed by atoms with Crippen molar-refractivity contribution in [2.75, 3.05) is 6.54 Å². The molecular weight excluding hydrogens is 328 g/mol. The zero-order chi connectivity index (χ0) is 18.4. The van der Waals surface area contributed by atoms with Crippen molar-refractivity contribution in [2.45, 2.75) is 33.4 Å². The maximum atomic E-state index is 5.68. The van der Waals surface area contributed by atoms with Crippen molar-refractivity contribution in [3.8, 4) is 11.4 Å². The van der Waals surface area contributed by atoms with Crippen molar-refractivity contribution < 1.29 is 4.42 Å². The van der Waals surface area contributed by atoms with Crippen molar-refractivity contribution in [3.05, 3.63) is 59.8 Å². The quantitative estimate of drug-likeness (QED) is 0.468. The average Bonchev–Trinajstić information content (AvgIpc) is 3.32. The molecule has 7 nitrogen and oxygen atoms in total.